The van der Waals surface area contributed by atoms with Crippen LogP contribution in [-0.4, -0.2) is 15.5 Å². The van der Waals surface area contributed by atoms with Gasteiger partial charge in [-0.05, 0) is 24.0 Å². The summed E-state index contributed by atoms with van der Waals surface area (Å²) in [5, 5.41) is 2.95. The van der Waals surface area contributed by atoms with Crippen LogP contribution in [-0.2, 0) is 24.2 Å². The number of rotatable bonds is 5. The standard InChI is InChI=1S/C19H19F2N3O/c1-3-12-6-5-7-13(4-2)19(12)23-18(25)10-24-11-22-16-8-14(20)15(21)9-17(16)24/h5-9,11H,3-4,10H2,1-2H3,(H,23,25). The van der Waals surface area contributed by atoms with Gasteiger partial charge in [0.15, 0.2) is 11.6 Å². The molecular weight excluding hydrogens is 324 g/mol. The number of halogens is 2. The van der Waals surface area contributed by atoms with E-state index in [0.717, 1.165) is 41.8 Å². The molecule has 0 aliphatic carbocycles. The molecule has 3 aromatic rings. The van der Waals surface area contributed by atoms with E-state index in [9.17, 15) is 13.6 Å². The van der Waals surface area contributed by atoms with E-state index in [0.29, 0.717) is 11.0 Å². The molecule has 0 aliphatic rings. The Morgan fingerprint density at radius 3 is 2.40 bits per heavy atom. The first-order valence-electron chi connectivity index (χ1n) is 8.24. The summed E-state index contributed by atoms with van der Waals surface area (Å²) in [6.07, 6.45) is 3.03. The lowest BCUT2D eigenvalue weighted by Crippen LogP contribution is -2.20. The number of aryl methyl sites for hydroxylation is 2. The molecule has 6 heteroatoms. The van der Waals surface area contributed by atoms with E-state index in [2.05, 4.69) is 10.3 Å². The first-order valence-corrected chi connectivity index (χ1v) is 8.24. The van der Waals surface area contributed by atoms with Gasteiger partial charge in [-0.3, -0.25) is 4.79 Å². The molecule has 1 aromatic heterocycles. The number of hydrogen-bond acceptors (Lipinski definition) is 2. The Balaban J connectivity index is 1.86. The number of aromatic nitrogens is 2. The van der Waals surface area contributed by atoms with Crippen molar-refractivity contribution >= 4 is 22.6 Å². The second-order valence-electron chi connectivity index (χ2n) is 5.83. The Labute approximate surface area is 144 Å². The maximum absolute atomic E-state index is 13.5. The van der Waals surface area contributed by atoms with Crippen LogP contribution < -0.4 is 5.32 Å². The topological polar surface area (TPSA) is 46.9 Å². The van der Waals surface area contributed by atoms with E-state index >= 15 is 0 Å². The molecule has 3 rings (SSSR count). The highest BCUT2D eigenvalue weighted by atomic mass is 19.2. The summed E-state index contributed by atoms with van der Waals surface area (Å²) in [7, 11) is 0. The molecule has 0 saturated heterocycles. The van der Waals surface area contributed by atoms with Gasteiger partial charge in [-0.25, -0.2) is 13.8 Å². The van der Waals surface area contributed by atoms with Crippen LogP contribution >= 0.6 is 0 Å². The van der Waals surface area contributed by atoms with Gasteiger partial charge < -0.3 is 9.88 Å². The summed E-state index contributed by atoms with van der Waals surface area (Å²) in [6, 6.07) is 8.04. The third-order valence-corrected chi connectivity index (χ3v) is 4.24. The third kappa shape index (κ3) is 3.38. The summed E-state index contributed by atoms with van der Waals surface area (Å²) in [5.41, 5.74) is 3.66. The normalized spacial score (nSPS) is 11.0. The van der Waals surface area contributed by atoms with Crippen molar-refractivity contribution in [2.75, 3.05) is 5.32 Å². The Morgan fingerprint density at radius 1 is 1.12 bits per heavy atom. The van der Waals surface area contributed by atoms with E-state index < -0.39 is 11.6 Å². The number of para-hydroxylation sites is 1. The molecule has 1 N–H and O–H groups in total. The highest BCUT2D eigenvalue weighted by Crippen LogP contribution is 2.23. The molecule has 0 radical (unpaired) electrons. The maximum atomic E-state index is 13.5. The Kier molecular flexibility index (Phi) is 4.79. The SMILES string of the molecule is CCc1cccc(CC)c1NC(=O)Cn1cnc2cc(F)c(F)cc21. The molecule has 0 saturated carbocycles. The number of amides is 1. The summed E-state index contributed by atoms with van der Waals surface area (Å²) in [5.74, 6) is -2.15. The predicted octanol–water partition coefficient (Wildman–Crippen LogP) is 4.08. The Hall–Kier alpha value is -2.76. The Morgan fingerprint density at radius 2 is 1.76 bits per heavy atom. The number of nitrogens with zero attached hydrogens (tertiary/aromatic N) is 2. The monoisotopic (exact) mass is 343 g/mol. The van der Waals surface area contributed by atoms with Gasteiger partial charge in [-0.15, -0.1) is 0 Å². The third-order valence-electron chi connectivity index (χ3n) is 4.24. The van der Waals surface area contributed by atoms with Crippen LogP contribution in [0.3, 0.4) is 0 Å². The molecular formula is C19H19F2N3O. The first kappa shape index (κ1) is 17.1. The summed E-state index contributed by atoms with van der Waals surface area (Å²) in [6.45, 7) is 4.04. The zero-order valence-corrected chi connectivity index (χ0v) is 14.1. The fraction of sp³-hybridized carbons (Fsp3) is 0.263. The quantitative estimate of drug-likeness (QED) is 0.759. The van der Waals surface area contributed by atoms with Gasteiger partial charge in [0.25, 0.3) is 0 Å². The number of hydrogen-bond donors (Lipinski definition) is 1. The minimum Gasteiger partial charge on any atom is -0.324 e. The van der Waals surface area contributed by atoms with Gasteiger partial charge in [0.1, 0.15) is 6.54 Å². The summed E-state index contributed by atoms with van der Waals surface area (Å²) in [4.78, 5) is 16.5. The van der Waals surface area contributed by atoms with Crippen LogP contribution in [0.1, 0.15) is 25.0 Å². The van der Waals surface area contributed by atoms with E-state index in [1.54, 1.807) is 0 Å². The number of carbonyl (C=O) groups excluding carboxylic acids is 1. The van der Waals surface area contributed by atoms with Gasteiger partial charge >= 0.3 is 0 Å². The van der Waals surface area contributed by atoms with Gasteiger partial charge in [0, 0.05) is 17.8 Å². The second-order valence-corrected chi connectivity index (χ2v) is 5.83. The number of nitrogens with one attached hydrogen (secondary N) is 1. The van der Waals surface area contributed by atoms with Crippen molar-refractivity contribution in [3.05, 3.63) is 59.4 Å². The van der Waals surface area contributed by atoms with Crippen LogP contribution in [0, 0.1) is 11.6 Å². The molecule has 0 aliphatic heterocycles. The molecule has 0 unspecified atom stereocenters. The van der Waals surface area contributed by atoms with Gasteiger partial charge in [0.2, 0.25) is 5.91 Å². The van der Waals surface area contributed by atoms with Crippen LogP contribution in [0.2, 0.25) is 0 Å². The summed E-state index contributed by atoms with van der Waals surface area (Å²) < 4.78 is 28.2. The molecule has 1 amide bonds. The smallest absolute Gasteiger partial charge is 0.244 e. The largest absolute Gasteiger partial charge is 0.324 e. The second kappa shape index (κ2) is 7.01. The molecule has 0 fully saturated rings. The maximum Gasteiger partial charge on any atom is 0.244 e. The van der Waals surface area contributed by atoms with Crippen molar-refractivity contribution in [1.82, 2.24) is 9.55 Å². The number of carbonyl (C=O) groups is 1. The number of fused-ring (bicyclic) bond motifs is 1. The van der Waals surface area contributed by atoms with Crippen molar-refractivity contribution in [2.24, 2.45) is 0 Å². The zero-order chi connectivity index (χ0) is 18.0. The molecule has 130 valence electrons. The highest BCUT2D eigenvalue weighted by molar-refractivity contribution is 5.93. The molecule has 0 atom stereocenters. The van der Waals surface area contributed by atoms with Crippen LogP contribution in [0.15, 0.2) is 36.7 Å². The minimum absolute atomic E-state index is 0.0250. The minimum atomic E-state index is -0.959. The zero-order valence-electron chi connectivity index (χ0n) is 14.1. The predicted molar refractivity (Wildman–Crippen MR) is 93.5 cm³/mol. The first-order chi connectivity index (χ1) is 12.0. The average molecular weight is 343 g/mol. The fourth-order valence-electron chi connectivity index (χ4n) is 2.92. The van der Waals surface area contributed by atoms with E-state index in [1.165, 1.54) is 10.9 Å². The number of anilines is 1. The Bertz CT molecular complexity index is 912. The number of benzene rings is 2. The average Bonchev–Trinajstić information content (AvgIpc) is 2.97. The number of imidazole rings is 1. The lowest BCUT2D eigenvalue weighted by Gasteiger charge is -2.14. The molecule has 25 heavy (non-hydrogen) atoms. The van der Waals surface area contributed by atoms with E-state index in [4.69, 9.17) is 0 Å². The van der Waals surface area contributed by atoms with Gasteiger partial charge in [-0.2, -0.15) is 0 Å². The van der Waals surface area contributed by atoms with Crippen molar-refractivity contribution in [1.29, 1.82) is 0 Å². The lowest BCUT2D eigenvalue weighted by atomic mass is 10.0. The molecule has 0 spiro atoms. The molecule has 4 nitrogen and oxygen atoms in total. The van der Waals surface area contributed by atoms with Crippen molar-refractivity contribution in [2.45, 2.75) is 33.2 Å². The molecule has 2 aromatic carbocycles. The van der Waals surface area contributed by atoms with E-state index in [-0.39, 0.29) is 12.5 Å². The van der Waals surface area contributed by atoms with Crippen LogP contribution in [0.25, 0.3) is 11.0 Å². The van der Waals surface area contributed by atoms with Crippen molar-refractivity contribution in [3.8, 4) is 0 Å². The van der Waals surface area contributed by atoms with Crippen molar-refractivity contribution < 1.29 is 13.6 Å². The highest BCUT2D eigenvalue weighted by Gasteiger charge is 2.14. The van der Waals surface area contributed by atoms with Crippen LogP contribution in [0.5, 0.6) is 0 Å². The van der Waals surface area contributed by atoms with Crippen molar-refractivity contribution in [3.63, 3.8) is 0 Å². The fourth-order valence-corrected chi connectivity index (χ4v) is 2.92. The van der Waals surface area contributed by atoms with Gasteiger partial charge in [-0.1, -0.05) is 32.0 Å². The molecule has 1 heterocycles. The summed E-state index contributed by atoms with van der Waals surface area (Å²) >= 11 is 0. The van der Waals surface area contributed by atoms with Crippen LogP contribution in [0.4, 0.5) is 14.5 Å². The lowest BCUT2D eigenvalue weighted by molar-refractivity contribution is -0.116. The van der Waals surface area contributed by atoms with E-state index in [1.807, 2.05) is 32.0 Å². The van der Waals surface area contributed by atoms with Gasteiger partial charge in [0.05, 0.1) is 17.4 Å². The molecule has 0 bridgehead atoms.